The van der Waals surface area contributed by atoms with Crippen LogP contribution in [-0.4, -0.2) is 5.78 Å². The maximum absolute atomic E-state index is 12.0. The monoisotopic (exact) mass is 294 g/mol. The molecule has 0 aliphatic rings. The number of hydrogen-bond acceptors (Lipinski definition) is 2. The number of thiophene rings is 1. The highest BCUT2D eigenvalue weighted by molar-refractivity contribution is 7.12. The van der Waals surface area contributed by atoms with E-state index in [-0.39, 0.29) is 0 Å². The molecule has 0 atom stereocenters. The van der Waals surface area contributed by atoms with Crippen LogP contribution in [0.3, 0.4) is 0 Å². The molecule has 0 aliphatic carbocycles. The van der Waals surface area contributed by atoms with Crippen LogP contribution >= 0.6 is 11.3 Å². The van der Waals surface area contributed by atoms with Crippen molar-refractivity contribution in [2.75, 3.05) is 0 Å². The van der Waals surface area contributed by atoms with Crippen LogP contribution in [0.5, 0.6) is 0 Å². The van der Waals surface area contributed by atoms with Crippen molar-refractivity contribution in [2.45, 2.75) is 84.5 Å². The summed E-state index contributed by atoms with van der Waals surface area (Å²) in [5.41, 5.74) is 1.15. The lowest BCUT2D eigenvalue weighted by atomic mass is 10.0. The first-order valence-electron chi connectivity index (χ1n) is 8.33. The number of aryl methyl sites for hydroxylation is 1. The third kappa shape index (κ3) is 7.23. The second kappa shape index (κ2) is 11.1. The third-order valence-corrected chi connectivity index (χ3v) is 4.93. The number of hydrogen-bond donors (Lipinski definition) is 0. The van der Waals surface area contributed by atoms with E-state index >= 15 is 0 Å². The summed E-state index contributed by atoms with van der Waals surface area (Å²) in [5, 5.41) is 2.01. The summed E-state index contributed by atoms with van der Waals surface area (Å²) in [7, 11) is 0. The molecule has 114 valence electrons. The van der Waals surface area contributed by atoms with Crippen LogP contribution in [0.15, 0.2) is 11.4 Å². The lowest BCUT2D eigenvalue weighted by Gasteiger charge is -2.02. The minimum absolute atomic E-state index is 0.345. The van der Waals surface area contributed by atoms with Crippen molar-refractivity contribution in [3.8, 4) is 0 Å². The third-order valence-electron chi connectivity index (χ3n) is 3.87. The van der Waals surface area contributed by atoms with E-state index in [9.17, 15) is 4.79 Å². The van der Waals surface area contributed by atoms with Crippen molar-refractivity contribution in [1.29, 1.82) is 0 Å². The molecule has 0 N–H and O–H groups in total. The zero-order valence-corrected chi connectivity index (χ0v) is 14.1. The Morgan fingerprint density at radius 3 is 2.00 bits per heavy atom. The van der Waals surface area contributed by atoms with Crippen molar-refractivity contribution in [1.82, 2.24) is 0 Å². The molecule has 0 saturated heterocycles. The first kappa shape index (κ1) is 17.4. The van der Waals surface area contributed by atoms with Crippen LogP contribution in [-0.2, 0) is 0 Å². The molecule has 2 heteroatoms. The summed E-state index contributed by atoms with van der Waals surface area (Å²) >= 11 is 1.59. The van der Waals surface area contributed by atoms with E-state index in [2.05, 4.69) is 6.92 Å². The molecule has 0 fully saturated rings. The van der Waals surface area contributed by atoms with E-state index in [1.54, 1.807) is 11.3 Å². The molecule has 0 bridgehead atoms. The molecular weight excluding hydrogens is 264 g/mol. The number of carbonyl (C=O) groups excluding carboxylic acids is 1. The number of carbonyl (C=O) groups is 1. The minimum atomic E-state index is 0.345. The number of ketones is 1. The van der Waals surface area contributed by atoms with Gasteiger partial charge in [0.15, 0.2) is 5.78 Å². The SMILES string of the molecule is CCCCCCCCCCCCC(=O)c1sccc1C. The number of rotatable bonds is 12. The summed E-state index contributed by atoms with van der Waals surface area (Å²) < 4.78 is 0. The molecule has 1 aromatic rings. The summed E-state index contributed by atoms with van der Waals surface area (Å²) in [4.78, 5) is 12.9. The quantitative estimate of drug-likeness (QED) is 0.315. The molecule has 1 rings (SSSR count). The van der Waals surface area contributed by atoms with Crippen molar-refractivity contribution in [3.05, 3.63) is 21.9 Å². The number of unbranched alkanes of at least 4 members (excludes halogenated alkanes) is 9. The Morgan fingerprint density at radius 1 is 0.950 bits per heavy atom. The average molecular weight is 295 g/mol. The number of Topliss-reactive ketones (excluding diaryl/α,β-unsaturated/α-hetero) is 1. The molecular formula is C18H30OS. The highest BCUT2D eigenvalue weighted by atomic mass is 32.1. The van der Waals surface area contributed by atoms with Crippen molar-refractivity contribution in [3.63, 3.8) is 0 Å². The van der Waals surface area contributed by atoms with Crippen LogP contribution in [0.25, 0.3) is 0 Å². The lowest BCUT2D eigenvalue weighted by Crippen LogP contribution is -1.97. The molecule has 1 nitrogen and oxygen atoms in total. The molecule has 1 aromatic heterocycles. The first-order valence-corrected chi connectivity index (χ1v) is 9.21. The van der Waals surface area contributed by atoms with Gasteiger partial charge < -0.3 is 0 Å². The van der Waals surface area contributed by atoms with Gasteiger partial charge in [-0.05, 0) is 30.4 Å². The van der Waals surface area contributed by atoms with E-state index in [1.807, 2.05) is 18.4 Å². The zero-order valence-electron chi connectivity index (χ0n) is 13.2. The summed E-state index contributed by atoms with van der Waals surface area (Å²) in [5.74, 6) is 0.345. The van der Waals surface area contributed by atoms with Crippen LogP contribution in [0.1, 0.15) is 92.8 Å². The fourth-order valence-electron chi connectivity index (χ4n) is 2.54. The second-order valence-electron chi connectivity index (χ2n) is 5.79. The molecule has 0 unspecified atom stereocenters. The molecule has 0 saturated carbocycles. The Balaban J connectivity index is 1.92. The Labute approximate surface area is 128 Å². The first-order chi connectivity index (χ1) is 9.75. The van der Waals surface area contributed by atoms with Gasteiger partial charge in [0.25, 0.3) is 0 Å². The predicted molar refractivity (Wildman–Crippen MR) is 89.8 cm³/mol. The topological polar surface area (TPSA) is 17.1 Å². The van der Waals surface area contributed by atoms with Gasteiger partial charge in [-0.2, -0.15) is 0 Å². The van der Waals surface area contributed by atoms with E-state index < -0.39 is 0 Å². The van der Waals surface area contributed by atoms with Gasteiger partial charge >= 0.3 is 0 Å². The molecule has 0 aromatic carbocycles. The Morgan fingerprint density at radius 2 is 1.50 bits per heavy atom. The fraction of sp³-hybridized carbons (Fsp3) is 0.722. The molecule has 1 heterocycles. The molecule has 0 radical (unpaired) electrons. The summed E-state index contributed by atoms with van der Waals surface area (Å²) in [6.45, 7) is 4.29. The summed E-state index contributed by atoms with van der Waals surface area (Å²) in [6, 6.07) is 2.04. The van der Waals surface area contributed by atoms with Crippen LogP contribution in [0, 0.1) is 6.92 Å². The predicted octanol–water partition coefficient (Wildman–Crippen LogP) is 6.55. The Hall–Kier alpha value is -0.630. The van der Waals surface area contributed by atoms with E-state index in [1.165, 1.54) is 57.8 Å². The van der Waals surface area contributed by atoms with E-state index in [0.717, 1.165) is 23.3 Å². The largest absolute Gasteiger partial charge is 0.293 e. The van der Waals surface area contributed by atoms with Gasteiger partial charge in [0, 0.05) is 6.42 Å². The highest BCUT2D eigenvalue weighted by Gasteiger charge is 2.09. The van der Waals surface area contributed by atoms with Gasteiger partial charge in [-0.15, -0.1) is 11.3 Å². The Kier molecular flexibility index (Phi) is 9.65. The molecule has 0 amide bonds. The molecule has 20 heavy (non-hydrogen) atoms. The molecule has 0 spiro atoms. The van der Waals surface area contributed by atoms with Crippen molar-refractivity contribution < 1.29 is 4.79 Å². The van der Waals surface area contributed by atoms with Gasteiger partial charge in [-0.1, -0.05) is 64.7 Å². The maximum atomic E-state index is 12.0. The molecule has 0 aliphatic heterocycles. The fourth-order valence-corrected chi connectivity index (χ4v) is 3.44. The van der Waals surface area contributed by atoms with Crippen LogP contribution in [0.4, 0.5) is 0 Å². The van der Waals surface area contributed by atoms with E-state index in [0.29, 0.717) is 5.78 Å². The minimum Gasteiger partial charge on any atom is -0.293 e. The van der Waals surface area contributed by atoms with Crippen LogP contribution in [0.2, 0.25) is 0 Å². The van der Waals surface area contributed by atoms with Gasteiger partial charge in [0.2, 0.25) is 0 Å². The van der Waals surface area contributed by atoms with Gasteiger partial charge in [-0.25, -0.2) is 0 Å². The maximum Gasteiger partial charge on any atom is 0.173 e. The summed E-state index contributed by atoms with van der Waals surface area (Å²) in [6.07, 6.45) is 14.0. The Bertz CT molecular complexity index is 367. The zero-order chi connectivity index (χ0) is 14.6. The highest BCUT2D eigenvalue weighted by Crippen LogP contribution is 2.19. The van der Waals surface area contributed by atoms with E-state index in [4.69, 9.17) is 0 Å². The van der Waals surface area contributed by atoms with Crippen molar-refractivity contribution >= 4 is 17.1 Å². The smallest absolute Gasteiger partial charge is 0.173 e. The van der Waals surface area contributed by atoms with Crippen molar-refractivity contribution in [2.24, 2.45) is 0 Å². The van der Waals surface area contributed by atoms with Gasteiger partial charge in [-0.3, -0.25) is 4.79 Å². The average Bonchev–Trinajstić information content (AvgIpc) is 2.87. The van der Waals surface area contributed by atoms with Crippen LogP contribution < -0.4 is 0 Å². The van der Waals surface area contributed by atoms with Gasteiger partial charge in [0.05, 0.1) is 4.88 Å². The lowest BCUT2D eigenvalue weighted by molar-refractivity contribution is 0.0982. The second-order valence-corrected chi connectivity index (χ2v) is 6.70. The van der Waals surface area contributed by atoms with Gasteiger partial charge in [0.1, 0.15) is 0 Å². The normalized spacial score (nSPS) is 10.9. The standard InChI is InChI=1S/C18H30OS/c1-3-4-5-6-7-8-9-10-11-12-13-17(19)18-16(2)14-15-20-18/h14-15H,3-13H2,1-2H3.